The van der Waals surface area contributed by atoms with Crippen molar-refractivity contribution in [2.75, 3.05) is 7.11 Å². The third-order valence-corrected chi connectivity index (χ3v) is 9.49. The van der Waals surface area contributed by atoms with E-state index in [1.54, 1.807) is 24.1 Å². The summed E-state index contributed by atoms with van der Waals surface area (Å²) in [6, 6.07) is 15.2. The van der Waals surface area contributed by atoms with Crippen LogP contribution in [0.1, 0.15) is 65.1 Å². The standard InChI is InChI=1S/C32H30ClF2NO3S/c1-18-4-11-24(12-5-18)36(32(38)31-29(33)28-25(34)13-14-26(35)30(28)40-31)17-23-16-22(10-15-27(23)39-3)21-8-6-20(7-9-21)19(2)37/h6-10,13-16,18,24H,4-5,11-12,17H2,1-3H3/t18-,24-. The second-order valence-corrected chi connectivity index (χ2v) is 11.9. The quantitative estimate of drug-likeness (QED) is 0.205. The summed E-state index contributed by atoms with van der Waals surface area (Å²) in [5.41, 5.74) is 3.28. The molecule has 40 heavy (non-hydrogen) atoms. The van der Waals surface area contributed by atoms with E-state index in [0.29, 0.717) is 17.2 Å². The number of ether oxygens (including phenoxy) is 1. The summed E-state index contributed by atoms with van der Waals surface area (Å²) in [7, 11) is 1.59. The third-order valence-electron chi connectivity index (χ3n) is 7.81. The number of ketones is 1. The van der Waals surface area contributed by atoms with Crippen LogP contribution in [0.2, 0.25) is 5.02 Å². The fraction of sp³-hybridized carbons (Fsp3) is 0.312. The van der Waals surface area contributed by atoms with E-state index in [0.717, 1.165) is 65.8 Å². The van der Waals surface area contributed by atoms with Gasteiger partial charge in [-0.1, -0.05) is 48.9 Å². The van der Waals surface area contributed by atoms with Crippen LogP contribution in [0.5, 0.6) is 5.75 Å². The molecule has 3 aromatic carbocycles. The monoisotopic (exact) mass is 581 g/mol. The predicted octanol–water partition coefficient (Wildman–Crippen LogP) is 8.93. The first-order valence-corrected chi connectivity index (χ1v) is 14.5. The van der Waals surface area contributed by atoms with Crippen LogP contribution in [0.4, 0.5) is 8.78 Å². The molecule has 1 heterocycles. The predicted molar refractivity (Wildman–Crippen MR) is 156 cm³/mol. The number of amides is 1. The number of benzene rings is 3. The van der Waals surface area contributed by atoms with Crippen LogP contribution in [-0.2, 0) is 6.54 Å². The molecule has 0 radical (unpaired) electrons. The lowest BCUT2D eigenvalue weighted by Gasteiger charge is -2.36. The van der Waals surface area contributed by atoms with Crippen LogP contribution in [0.3, 0.4) is 0 Å². The van der Waals surface area contributed by atoms with Gasteiger partial charge in [-0.2, -0.15) is 0 Å². The number of hydrogen-bond donors (Lipinski definition) is 0. The van der Waals surface area contributed by atoms with Gasteiger partial charge in [0.05, 0.1) is 22.2 Å². The lowest BCUT2D eigenvalue weighted by Crippen LogP contribution is -2.41. The normalized spacial score (nSPS) is 17.1. The summed E-state index contributed by atoms with van der Waals surface area (Å²) in [6.07, 6.45) is 3.62. The molecule has 1 aliphatic carbocycles. The van der Waals surface area contributed by atoms with Crippen molar-refractivity contribution in [2.45, 2.75) is 52.1 Å². The Labute approximate surface area is 241 Å². The number of carbonyl (C=O) groups is 2. The number of hydrogen-bond acceptors (Lipinski definition) is 4. The molecule has 208 valence electrons. The van der Waals surface area contributed by atoms with Gasteiger partial charge in [-0.15, -0.1) is 11.3 Å². The van der Waals surface area contributed by atoms with Crippen molar-refractivity contribution >= 4 is 44.7 Å². The minimum Gasteiger partial charge on any atom is -0.496 e. The molecule has 1 amide bonds. The Morgan fingerprint density at radius 2 is 1.62 bits per heavy atom. The van der Waals surface area contributed by atoms with E-state index in [1.165, 1.54) is 6.92 Å². The number of halogens is 3. The summed E-state index contributed by atoms with van der Waals surface area (Å²) in [6.45, 7) is 3.99. The highest BCUT2D eigenvalue weighted by molar-refractivity contribution is 7.21. The Bertz CT molecular complexity index is 1580. The number of thiophene rings is 1. The number of nitrogens with zero attached hydrogens (tertiary/aromatic N) is 1. The van der Waals surface area contributed by atoms with Gasteiger partial charge in [0, 0.05) is 23.7 Å². The van der Waals surface area contributed by atoms with Gasteiger partial charge in [0.15, 0.2) is 5.78 Å². The minimum absolute atomic E-state index is 0.00224. The topological polar surface area (TPSA) is 46.6 Å². The van der Waals surface area contributed by atoms with Crippen molar-refractivity contribution in [1.29, 1.82) is 0 Å². The fourth-order valence-electron chi connectivity index (χ4n) is 5.45. The molecule has 0 spiro atoms. The highest BCUT2D eigenvalue weighted by Gasteiger charge is 2.32. The second kappa shape index (κ2) is 11.7. The number of Topliss-reactive ketones (excluding diaryl/α,β-unsaturated/α-hetero) is 1. The Kier molecular flexibility index (Phi) is 8.24. The molecule has 1 aliphatic rings. The molecule has 0 unspecified atom stereocenters. The summed E-state index contributed by atoms with van der Waals surface area (Å²) in [4.78, 5) is 27.8. The van der Waals surface area contributed by atoms with E-state index >= 15 is 0 Å². The summed E-state index contributed by atoms with van der Waals surface area (Å²) >= 11 is 7.44. The molecule has 1 fully saturated rings. The largest absolute Gasteiger partial charge is 0.496 e. The van der Waals surface area contributed by atoms with Crippen molar-refractivity contribution in [1.82, 2.24) is 4.90 Å². The first-order valence-electron chi connectivity index (χ1n) is 13.3. The lowest BCUT2D eigenvalue weighted by atomic mass is 9.86. The van der Waals surface area contributed by atoms with Gasteiger partial charge in [0.1, 0.15) is 22.3 Å². The smallest absolute Gasteiger partial charge is 0.266 e. The fourth-order valence-corrected chi connectivity index (χ4v) is 6.95. The molecule has 0 N–H and O–H groups in total. The molecular formula is C32H30ClF2NO3S. The van der Waals surface area contributed by atoms with E-state index in [-0.39, 0.29) is 44.3 Å². The van der Waals surface area contributed by atoms with E-state index < -0.39 is 11.6 Å². The van der Waals surface area contributed by atoms with Crippen molar-refractivity contribution in [2.24, 2.45) is 5.92 Å². The van der Waals surface area contributed by atoms with Crippen LogP contribution >= 0.6 is 22.9 Å². The van der Waals surface area contributed by atoms with Gasteiger partial charge in [-0.05, 0) is 73.9 Å². The maximum Gasteiger partial charge on any atom is 0.266 e. The highest BCUT2D eigenvalue weighted by atomic mass is 35.5. The molecule has 1 saturated carbocycles. The molecule has 0 saturated heterocycles. The third kappa shape index (κ3) is 5.50. The zero-order valence-corrected chi connectivity index (χ0v) is 24.2. The summed E-state index contributed by atoms with van der Waals surface area (Å²) < 4.78 is 34.9. The lowest BCUT2D eigenvalue weighted by molar-refractivity contribution is 0.0597. The van der Waals surface area contributed by atoms with Gasteiger partial charge >= 0.3 is 0 Å². The van der Waals surface area contributed by atoms with Gasteiger partial charge < -0.3 is 9.64 Å². The molecule has 0 atom stereocenters. The number of fused-ring (bicyclic) bond motifs is 1. The van der Waals surface area contributed by atoms with Crippen molar-refractivity contribution < 1.29 is 23.1 Å². The molecule has 4 nitrogen and oxygen atoms in total. The van der Waals surface area contributed by atoms with E-state index in [1.807, 2.05) is 30.3 Å². The highest BCUT2D eigenvalue weighted by Crippen LogP contribution is 2.41. The molecule has 0 aliphatic heterocycles. The van der Waals surface area contributed by atoms with Crippen molar-refractivity contribution in [3.63, 3.8) is 0 Å². The second-order valence-electron chi connectivity index (χ2n) is 10.5. The Morgan fingerprint density at radius 3 is 2.25 bits per heavy atom. The first kappa shape index (κ1) is 28.2. The van der Waals surface area contributed by atoms with Crippen LogP contribution in [0.15, 0.2) is 54.6 Å². The zero-order chi connectivity index (χ0) is 28.6. The van der Waals surface area contributed by atoms with E-state index in [2.05, 4.69) is 6.92 Å². The Morgan fingerprint density at radius 1 is 0.975 bits per heavy atom. The van der Waals surface area contributed by atoms with Crippen molar-refractivity contribution in [3.05, 3.63) is 87.3 Å². The van der Waals surface area contributed by atoms with Crippen LogP contribution in [0.25, 0.3) is 21.2 Å². The molecule has 4 aromatic rings. The molecular weight excluding hydrogens is 552 g/mol. The summed E-state index contributed by atoms with van der Waals surface area (Å²) in [5.74, 6) is -0.406. The molecule has 8 heteroatoms. The average Bonchev–Trinajstić information content (AvgIpc) is 3.32. The van der Waals surface area contributed by atoms with Crippen molar-refractivity contribution in [3.8, 4) is 16.9 Å². The maximum absolute atomic E-state index is 14.6. The molecule has 5 rings (SSSR count). The van der Waals surface area contributed by atoms with Gasteiger partial charge in [0.25, 0.3) is 5.91 Å². The van der Waals surface area contributed by atoms with Gasteiger partial charge in [0.2, 0.25) is 0 Å². The van der Waals surface area contributed by atoms with E-state index in [4.69, 9.17) is 16.3 Å². The van der Waals surface area contributed by atoms with Crippen LogP contribution < -0.4 is 4.74 Å². The maximum atomic E-state index is 14.6. The number of rotatable bonds is 7. The Hall–Kier alpha value is -3.29. The number of carbonyl (C=O) groups excluding carboxylic acids is 2. The Balaban J connectivity index is 1.55. The summed E-state index contributed by atoms with van der Waals surface area (Å²) in [5, 5.41) is -0.108. The van der Waals surface area contributed by atoms with Crippen LogP contribution in [0, 0.1) is 17.6 Å². The zero-order valence-electron chi connectivity index (χ0n) is 22.6. The van der Waals surface area contributed by atoms with E-state index in [9.17, 15) is 18.4 Å². The average molecular weight is 582 g/mol. The minimum atomic E-state index is -0.653. The first-order chi connectivity index (χ1) is 19.2. The molecule has 0 bridgehead atoms. The SMILES string of the molecule is COc1ccc(-c2ccc(C(C)=O)cc2)cc1CN(C(=O)c1sc2c(F)ccc(F)c2c1Cl)[C@H]1CC[C@H](C)CC1. The number of methoxy groups -OCH3 is 1. The van der Waals surface area contributed by atoms with Gasteiger partial charge in [-0.25, -0.2) is 8.78 Å². The van der Waals surface area contributed by atoms with Crippen LogP contribution in [-0.4, -0.2) is 29.7 Å². The van der Waals surface area contributed by atoms with Gasteiger partial charge in [-0.3, -0.25) is 9.59 Å². The molecule has 1 aromatic heterocycles.